The van der Waals surface area contributed by atoms with Crippen molar-refractivity contribution in [1.29, 1.82) is 0 Å². The highest BCUT2D eigenvalue weighted by molar-refractivity contribution is 6.00. The Morgan fingerprint density at radius 3 is 2.69 bits per heavy atom. The molecule has 0 bridgehead atoms. The Balaban J connectivity index is 1.59. The van der Waals surface area contributed by atoms with E-state index in [1.54, 1.807) is 23.0 Å². The van der Waals surface area contributed by atoms with Crippen LogP contribution in [0.25, 0.3) is 5.69 Å². The van der Waals surface area contributed by atoms with E-state index in [0.717, 1.165) is 16.8 Å². The van der Waals surface area contributed by atoms with Crippen LogP contribution >= 0.6 is 0 Å². The van der Waals surface area contributed by atoms with Crippen LogP contribution in [0, 0.1) is 6.92 Å². The number of hydrogen-bond acceptors (Lipinski definition) is 4. The van der Waals surface area contributed by atoms with E-state index in [4.69, 9.17) is 4.74 Å². The average Bonchev–Trinajstić information content (AvgIpc) is 3.03. The maximum Gasteiger partial charge on any atom is 0.339 e. The van der Waals surface area contributed by atoms with Gasteiger partial charge in [0.25, 0.3) is 5.91 Å². The summed E-state index contributed by atoms with van der Waals surface area (Å²) in [6.45, 7) is 1.87. The van der Waals surface area contributed by atoms with Gasteiger partial charge in [-0.3, -0.25) is 4.79 Å². The summed E-state index contributed by atoms with van der Waals surface area (Å²) in [5.41, 5.74) is 2.99. The molecule has 0 spiro atoms. The molecule has 3 aromatic rings. The van der Waals surface area contributed by atoms with Gasteiger partial charge in [0, 0.05) is 12.0 Å². The number of nitrogens with one attached hydrogen (secondary N) is 1. The standard InChI is InChI=1S/C20H17N3O3/c1-13-12-21-23(15-8-3-2-4-9-15)18(13)22-19(24)17-11-14-7-5-6-10-16(14)20(25)26-17/h2-10,12,17H,11H2,1H3,(H,22,24). The predicted octanol–water partition coefficient (Wildman–Crippen LogP) is 2.90. The number of rotatable bonds is 3. The van der Waals surface area contributed by atoms with Crippen molar-refractivity contribution in [2.75, 3.05) is 5.32 Å². The molecule has 130 valence electrons. The second-order valence-electron chi connectivity index (χ2n) is 6.17. The van der Waals surface area contributed by atoms with Gasteiger partial charge in [-0.25, -0.2) is 9.48 Å². The van der Waals surface area contributed by atoms with Crippen molar-refractivity contribution in [1.82, 2.24) is 9.78 Å². The lowest BCUT2D eigenvalue weighted by atomic mass is 9.98. The van der Waals surface area contributed by atoms with Crippen LogP contribution < -0.4 is 5.32 Å². The molecule has 0 saturated carbocycles. The van der Waals surface area contributed by atoms with E-state index in [2.05, 4.69) is 10.4 Å². The van der Waals surface area contributed by atoms with Gasteiger partial charge < -0.3 is 10.1 Å². The molecule has 1 amide bonds. The number of nitrogens with zero attached hydrogens (tertiary/aromatic N) is 2. The second-order valence-corrected chi connectivity index (χ2v) is 6.17. The third-order valence-corrected chi connectivity index (χ3v) is 4.38. The number of ether oxygens (including phenoxy) is 1. The molecule has 1 aliphatic rings. The zero-order valence-electron chi connectivity index (χ0n) is 14.2. The number of esters is 1. The van der Waals surface area contributed by atoms with Gasteiger partial charge in [-0.05, 0) is 30.7 Å². The number of amides is 1. The highest BCUT2D eigenvalue weighted by atomic mass is 16.5. The molecule has 1 N–H and O–H groups in total. The Kier molecular flexibility index (Phi) is 4.01. The van der Waals surface area contributed by atoms with Crippen LogP contribution in [0.2, 0.25) is 0 Å². The minimum Gasteiger partial charge on any atom is -0.448 e. The molecule has 0 fully saturated rings. The smallest absolute Gasteiger partial charge is 0.339 e. The first kappa shape index (κ1) is 16.1. The first-order valence-corrected chi connectivity index (χ1v) is 8.33. The van der Waals surface area contributed by atoms with Crippen LogP contribution in [0.3, 0.4) is 0 Å². The van der Waals surface area contributed by atoms with Crippen LogP contribution in [0.5, 0.6) is 0 Å². The van der Waals surface area contributed by atoms with Crippen LogP contribution in [-0.4, -0.2) is 27.8 Å². The van der Waals surface area contributed by atoms with Crippen molar-refractivity contribution in [3.05, 3.63) is 77.5 Å². The van der Waals surface area contributed by atoms with Crippen molar-refractivity contribution >= 4 is 17.7 Å². The third kappa shape index (κ3) is 2.86. The van der Waals surface area contributed by atoms with E-state index in [1.807, 2.05) is 49.4 Å². The summed E-state index contributed by atoms with van der Waals surface area (Å²) in [6, 6.07) is 16.7. The lowest BCUT2D eigenvalue weighted by Crippen LogP contribution is -2.38. The molecule has 1 aliphatic heterocycles. The number of hydrogen-bond donors (Lipinski definition) is 1. The summed E-state index contributed by atoms with van der Waals surface area (Å²) in [5.74, 6) is -0.273. The van der Waals surface area contributed by atoms with E-state index in [9.17, 15) is 9.59 Å². The Hall–Kier alpha value is -3.41. The molecule has 0 saturated heterocycles. The van der Waals surface area contributed by atoms with Gasteiger partial charge in [-0.15, -0.1) is 0 Å². The maximum absolute atomic E-state index is 12.7. The highest BCUT2D eigenvalue weighted by Crippen LogP contribution is 2.23. The number of para-hydroxylation sites is 1. The minimum absolute atomic E-state index is 0.353. The fraction of sp³-hybridized carbons (Fsp3) is 0.150. The summed E-state index contributed by atoms with van der Waals surface area (Å²) >= 11 is 0. The van der Waals surface area contributed by atoms with Crippen molar-refractivity contribution in [3.8, 4) is 5.69 Å². The van der Waals surface area contributed by atoms with Crippen LogP contribution in [0.4, 0.5) is 5.82 Å². The Bertz CT molecular complexity index is 979. The molecule has 2 aromatic carbocycles. The Labute approximate surface area is 150 Å². The van der Waals surface area contributed by atoms with E-state index in [-0.39, 0.29) is 5.91 Å². The predicted molar refractivity (Wildman–Crippen MR) is 96.3 cm³/mol. The van der Waals surface area contributed by atoms with Crippen molar-refractivity contribution < 1.29 is 14.3 Å². The number of cyclic esters (lactones) is 1. The molecule has 1 aromatic heterocycles. The highest BCUT2D eigenvalue weighted by Gasteiger charge is 2.31. The number of aryl methyl sites for hydroxylation is 1. The summed E-state index contributed by atoms with van der Waals surface area (Å²) in [6.07, 6.45) is 1.17. The fourth-order valence-corrected chi connectivity index (χ4v) is 3.02. The largest absolute Gasteiger partial charge is 0.448 e. The maximum atomic E-state index is 12.7. The third-order valence-electron chi connectivity index (χ3n) is 4.38. The molecule has 1 atom stereocenters. The average molecular weight is 347 g/mol. The topological polar surface area (TPSA) is 73.2 Å². The van der Waals surface area contributed by atoms with Gasteiger partial charge in [-0.1, -0.05) is 36.4 Å². The van der Waals surface area contributed by atoms with Crippen LogP contribution in [0.15, 0.2) is 60.8 Å². The first-order valence-electron chi connectivity index (χ1n) is 8.33. The quantitative estimate of drug-likeness (QED) is 0.740. The zero-order chi connectivity index (χ0) is 18.1. The van der Waals surface area contributed by atoms with Gasteiger partial charge in [0.2, 0.25) is 0 Å². The normalized spacial score (nSPS) is 15.9. The molecule has 1 unspecified atom stereocenters. The fourth-order valence-electron chi connectivity index (χ4n) is 3.02. The Morgan fingerprint density at radius 2 is 1.88 bits per heavy atom. The van der Waals surface area contributed by atoms with E-state index in [1.165, 1.54) is 0 Å². The lowest BCUT2D eigenvalue weighted by Gasteiger charge is -2.24. The van der Waals surface area contributed by atoms with E-state index >= 15 is 0 Å². The molecular weight excluding hydrogens is 330 g/mol. The number of benzene rings is 2. The van der Waals surface area contributed by atoms with E-state index < -0.39 is 12.1 Å². The summed E-state index contributed by atoms with van der Waals surface area (Å²) in [7, 11) is 0. The monoisotopic (exact) mass is 347 g/mol. The van der Waals surface area contributed by atoms with Gasteiger partial charge in [0.1, 0.15) is 5.82 Å². The Morgan fingerprint density at radius 1 is 1.15 bits per heavy atom. The molecule has 26 heavy (non-hydrogen) atoms. The van der Waals surface area contributed by atoms with Gasteiger partial charge in [-0.2, -0.15) is 5.10 Å². The summed E-state index contributed by atoms with van der Waals surface area (Å²) < 4.78 is 6.99. The lowest BCUT2D eigenvalue weighted by molar-refractivity contribution is -0.125. The number of carbonyl (C=O) groups excluding carboxylic acids is 2. The summed E-state index contributed by atoms with van der Waals surface area (Å²) in [4.78, 5) is 24.9. The number of aromatic nitrogens is 2. The van der Waals surface area contributed by atoms with Gasteiger partial charge in [0.15, 0.2) is 6.10 Å². The molecule has 2 heterocycles. The number of fused-ring (bicyclic) bond motifs is 1. The molecule has 6 heteroatoms. The van der Waals surface area contributed by atoms with Gasteiger partial charge in [0.05, 0.1) is 17.4 Å². The van der Waals surface area contributed by atoms with Crippen LogP contribution in [-0.2, 0) is 16.0 Å². The molecule has 0 aliphatic carbocycles. The van der Waals surface area contributed by atoms with Crippen LogP contribution in [0.1, 0.15) is 21.5 Å². The van der Waals surface area contributed by atoms with E-state index in [0.29, 0.717) is 17.8 Å². The number of carbonyl (C=O) groups is 2. The number of anilines is 1. The molecule has 6 nitrogen and oxygen atoms in total. The second kappa shape index (κ2) is 6.48. The molecule has 0 radical (unpaired) electrons. The first-order chi connectivity index (χ1) is 12.6. The van der Waals surface area contributed by atoms with Gasteiger partial charge >= 0.3 is 5.97 Å². The SMILES string of the molecule is Cc1cnn(-c2ccccc2)c1NC(=O)C1Cc2ccccc2C(=O)O1. The molecular formula is C20H17N3O3. The summed E-state index contributed by atoms with van der Waals surface area (Å²) in [5, 5.41) is 7.19. The minimum atomic E-state index is -0.865. The molecule has 4 rings (SSSR count). The van der Waals surface area contributed by atoms with Crippen molar-refractivity contribution in [2.24, 2.45) is 0 Å². The van der Waals surface area contributed by atoms with Crippen molar-refractivity contribution in [2.45, 2.75) is 19.4 Å². The van der Waals surface area contributed by atoms with Crippen molar-refractivity contribution in [3.63, 3.8) is 0 Å². The zero-order valence-corrected chi connectivity index (χ0v) is 14.2.